The van der Waals surface area contributed by atoms with Crippen molar-refractivity contribution >= 4 is 17.5 Å². The second-order valence-corrected chi connectivity index (χ2v) is 3.86. The zero-order valence-corrected chi connectivity index (χ0v) is 10.6. The molecule has 0 saturated carbocycles. The van der Waals surface area contributed by atoms with Crippen LogP contribution in [-0.2, 0) is 4.74 Å². The molecule has 1 rings (SSSR count). The first-order valence-corrected chi connectivity index (χ1v) is 5.67. The monoisotopic (exact) mass is 269 g/mol. The maximum Gasteiger partial charge on any atom is 0.337 e. The van der Waals surface area contributed by atoms with E-state index < -0.39 is 10.9 Å². The zero-order valence-electron chi connectivity index (χ0n) is 10.6. The molecule has 1 aromatic heterocycles. The number of nitrogens with one attached hydrogen (secondary N) is 1. The van der Waals surface area contributed by atoms with Gasteiger partial charge in [-0.2, -0.15) is 0 Å². The number of hydrogen-bond donors (Lipinski definition) is 2. The summed E-state index contributed by atoms with van der Waals surface area (Å²) in [6.07, 6.45) is 1.07. The predicted molar refractivity (Wildman–Crippen MR) is 67.4 cm³/mol. The van der Waals surface area contributed by atoms with Crippen molar-refractivity contribution in [3.05, 3.63) is 27.9 Å². The Morgan fingerprint density at radius 3 is 2.89 bits per heavy atom. The Labute approximate surface area is 109 Å². The van der Waals surface area contributed by atoms with Gasteiger partial charge in [-0.1, -0.05) is 0 Å². The Morgan fingerprint density at radius 2 is 2.37 bits per heavy atom. The summed E-state index contributed by atoms with van der Waals surface area (Å²) < 4.78 is 5.18. The Balaban J connectivity index is 2.94. The van der Waals surface area contributed by atoms with Gasteiger partial charge < -0.3 is 15.2 Å². The molecule has 104 valence electrons. The second kappa shape index (κ2) is 6.64. The van der Waals surface area contributed by atoms with Crippen LogP contribution in [0.2, 0.25) is 0 Å². The number of anilines is 1. The molecule has 19 heavy (non-hydrogen) atoms. The van der Waals surface area contributed by atoms with Gasteiger partial charge in [0, 0.05) is 24.9 Å². The lowest BCUT2D eigenvalue weighted by molar-refractivity contribution is -0.384. The molecule has 0 aliphatic rings. The third kappa shape index (κ3) is 4.18. The van der Waals surface area contributed by atoms with Crippen LogP contribution in [-0.4, -0.2) is 40.2 Å². The SMILES string of the molecule is CCOCC(C)Nc1ncc(C(=O)O)cc1[N+](=O)[O-]. The van der Waals surface area contributed by atoms with Gasteiger partial charge in [-0.25, -0.2) is 9.78 Å². The number of aromatic nitrogens is 1. The van der Waals surface area contributed by atoms with E-state index in [1.807, 2.05) is 6.92 Å². The summed E-state index contributed by atoms with van der Waals surface area (Å²) in [6, 6.07) is 0.798. The Morgan fingerprint density at radius 1 is 1.68 bits per heavy atom. The third-order valence-corrected chi connectivity index (χ3v) is 2.27. The minimum Gasteiger partial charge on any atom is -0.478 e. The van der Waals surface area contributed by atoms with Crippen LogP contribution in [0.3, 0.4) is 0 Å². The number of aromatic carboxylic acids is 1. The van der Waals surface area contributed by atoms with E-state index in [9.17, 15) is 14.9 Å². The number of nitrogens with zero attached hydrogens (tertiary/aromatic N) is 2. The van der Waals surface area contributed by atoms with E-state index >= 15 is 0 Å². The first-order chi connectivity index (χ1) is 8.95. The quantitative estimate of drug-likeness (QED) is 0.569. The van der Waals surface area contributed by atoms with E-state index in [1.165, 1.54) is 0 Å². The van der Waals surface area contributed by atoms with Gasteiger partial charge in [0.05, 0.1) is 17.1 Å². The van der Waals surface area contributed by atoms with Gasteiger partial charge in [0.2, 0.25) is 5.82 Å². The third-order valence-electron chi connectivity index (χ3n) is 2.27. The average molecular weight is 269 g/mol. The van der Waals surface area contributed by atoms with Crippen molar-refractivity contribution < 1.29 is 19.6 Å². The predicted octanol–water partition coefficient (Wildman–Crippen LogP) is 1.52. The number of nitro groups is 1. The first kappa shape index (κ1) is 14.8. The standard InChI is InChI=1S/C11H15N3O5/c1-3-19-6-7(2)13-10-9(14(17)18)4-8(5-12-10)11(15)16/h4-5,7H,3,6H2,1-2H3,(H,12,13)(H,15,16). The molecule has 8 nitrogen and oxygen atoms in total. The molecule has 1 unspecified atom stereocenters. The van der Waals surface area contributed by atoms with Crippen molar-refractivity contribution in [2.24, 2.45) is 0 Å². The molecule has 1 heterocycles. The molecule has 0 fully saturated rings. The fraction of sp³-hybridized carbons (Fsp3) is 0.455. The number of carbonyl (C=O) groups is 1. The molecule has 0 saturated heterocycles. The van der Waals surface area contributed by atoms with Crippen LogP contribution in [0.15, 0.2) is 12.3 Å². The molecule has 1 aromatic rings. The summed E-state index contributed by atoms with van der Waals surface area (Å²) >= 11 is 0. The molecule has 0 radical (unpaired) electrons. The van der Waals surface area contributed by atoms with E-state index in [1.54, 1.807) is 6.92 Å². The highest BCUT2D eigenvalue weighted by molar-refractivity contribution is 5.88. The largest absolute Gasteiger partial charge is 0.478 e. The topological polar surface area (TPSA) is 115 Å². The molecule has 0 aromatic carbocycles. The molecule has 0 amide bonds. The van der Waals surface area contributed by atoms with Crippen molar-refractivity contribution in [1.82, 2.24) is 4.98 Å². The number of carboxylic acid groups (broad SMARTS) is 1. The maximum atomic E-state index is 10.9. The second-order valence-electron chi connectivity index (χ2n) is 3.86. The Bertz CT molecular complexity index is 477. The molecule has 0 aliphatic heterocycles. The van der Waals surface area contributed by atoms with E-state index in [0.29, 0.717) is 13.2 Å². The van der Waals surface area contributed by atoms with Crippen molar-refractivity contribution in [2.75, 3.05) is 18.5 Å². The van der Waals surface area contributed by atoms with Crippen molar-refractivity contribution in [2.45, 2.75) is 19.9 Å². The molecule has 2 N–H and O–H groups in total. The average Bonchev–Trinajstić information content (AvgIpc) is 2.36. The van der Waals surface area contributed by atoms with E-state index in [-0.39, 0.29) is 23.1 Å². The number of carboxylic acids is 1. The summed E-state index contributed by atoms with van der Waals surface area (Å²) in [5.41, 5.74) is -0.599. The van der Waals surface area contributed by atoms with Crippen LogP contribution >= 0.6 is 0 Å². The minimum atomic E-state index is -1.26. The lowest BCUT2D eigenvalue weighted by atomic mass is 10.2. The highest BCUT2D eigenvalue weighted by Gasteiger charge is 2.20. The van der Waals surface area contributed by atoms with Crippen LogP contribution < -0.4 is 5.32 Å². The lowest BCUT2D eigenvalue weighted by Gasteiger charge is -2.14. The summed E-state index contributed by atoms with van der Waals surface area (Å²) in [7, 11) is 0. The molecule has 0 spiro atoms. The smallest absolute Gasteiger partial charge is 0.337 e. The molecular weight excluding hydrogens is 254 g/mol. The summed E-state index contributed by atoms with van der Waals surface area (Å²) in [5, 5.41) is 22.5. The number of pyridine rings is 1. The number of rotatable bonds is 7. The van der Waals surface area contributed by atoms with E-state index in [4.69, 9.17) is 9.84 Å². The van der Waals surface area contributed by atoms with Crippen molar-refractivity contribution in [3.8, 4) is 0 Å². The van der Waals surface area contributed by atoms with Crippen LogP contribution in [0.5, 0.6) is 0 Å². The summed E-state index contributed by atoms with van der Waals surface area (Å²) in [5.74, 6) is -1.23. The molecule has 1 atom stereocenters. The zero-order chi connectivity index (χ0) is 14.4. The lowest BCUT2D eigenvalue weighted by Crippen LogP contribution is -2.23. The summed E-state index contributed by atoms with van der Waals surface area (Å²) in [6.45, 7) is 4.54. The maximum absolute atomic E-state index is 10.9. The van der Waals surface area contributed by atoms with Crippen LogP contribution in [0.4, 0.5) is 11.5 Å². The number of ether oxygens (including phenoxy) is 1. The molecule has 8 heteroatoms. The van der Waals surface area contributed by atoms with Gasteiger partial charge >= 0.3 is 11.7 Å². The van der Waals surface area contributed by atoms with Gasteiger partial charge in [-0.3, -0.25) is 10.1 Å². The first-order valence-electron chi connectivity index (χ1n) is 5.67. The summed E-state index contributed by atoms with van der Waals surface area (Å²) in [4.78, 5) is 24.7. The molecular formula is C11H15N3O5. The van der Waals surface area contributed by atoms with Crippen LogP contribution in [0.25, 0.3) is 0 Å². The van der Waals surface area contributed by atoms with Gasteiger partial charge in [0.15, 0.2) is 0 Å². The van der Waals surface area contributed by atoms with E-state index in [0.717, 1.165) is 12.3 Å². The van der Waals surface area contributed by atoms with Gasteiger partial charge in [0.1, 0.15) is 0 Å². The molecule has 0 aliphatic carbocycles. The van der Waals surface area contributed by atoms with Crippen LogP contribution in [0, 0.1) is 10.1 Å². The number of hydrogen-bond acceptors (Lipinski definition) is 6. The highest BCUT2D eigenvalue weighted by Crippen LogP contribution is 2.23. The van der Waals surface area contributed by atoms with Crippen molar-refractivity contribution in [1.29, 1.82) is 0 Å². The van der Waals surface area contributed by atoms with Gasteiger partial charge in [-0.15, -0.1) is 0 Å². The fourth-order valence-corrected chi connectivity index (χ4v) is 1.39. The highest BCUT2D eigenvalue weighted by atomic mass is 16.6. The van der Waals surface area contributed by atoms with Crippen molar-refractivity contribution in [3.63, 3.8) is 0 Å². The van der Waals surface area contributed by atoms with Gasteiger partial charge in [-0.05, 0) is 13.8 Å². The Kier molecular flexibility index (Phi) is 5.19. The van der Waals surface area contributed by atoms with Crippen LogP contribution in [0.1, 0.15) is 24.2 Å². The normalized spacial score (nSPS) is 11.9. The minimum absolute atomic E-state index is 0.0298. The fourth-order valence-electron chi connectivity index (χ4n) is 1.39. The van der Waals surface area contributed by atoms with E-state index in [2.05, 4.69) is 10.3 Å². The van der Waals surface area contributed by atoms with Gasteiger partial charge in [0.25, 0.3) is 0 Å². The Hall–Kier alpha value is -2.22. The molecule has 0 bridgehead atoms.